The fourth-order valence-electron chi connectivity index (χ4n) is 2.12. The molecular formula is C12H16Cl3N3O2. The lowest BCUT2D eigenvalue weighted by molar-refractivity contribution is -0.143. The lowest BCUT2D eigenvalue weighted by Gasteiger charge is -2.36. The van der Waals surface area contributed by atoms with Gasteiger partial charge in [0.05, 0.1) is 17.7 Å². The molecule has 2 atom stereocenters. The maximum atomic E-state index is 11.5. The van der Waals surface area contributed by atoms with Gasteiger partial charge in [0.15, 0.2) is 5.96 Å². The first-order valence-electron chi connectivity index (χ1n) is 6.00. The van der Waals surface area contributed by atoms with Crippen LogP contribution in [0.5, 0.6) is 0 Å². The Labute approximate surface area is 133 Å². The van der Waals surface area contributed by atoms with E-state index in [1.807, 2.05) is 6.08 Å². The Morgan fingerprint density at radius 2 is 2.30 bits per heavy atom. The van der Waals surface area contributed by atoms with Crippen LogP contribution in [0.15, 0.2) is 27.2 Å². The van der Waals surface area contributed by atoms with Crippen LogP contribution in [0.1, 0.15) is 6.92 Å². The quantitative estimate of drug-likeness (QED) is 0.796. The molecule has 5 nitrogen and oxygen atoms in total. The van der Waals surface area contributed by atoms with Gasteiger partial charge in [0.2, 0.25) is 0 Å². The van der Waals surface area contributed by atoms with Crippen LogP contribution in [-0.2, 0) is 9.53 Å². The van der Waals surface area contributed by atoms with Gasteiger partial charge in [-0.25, -0.2) is 4.99 Å². The van der Waals surface area contributed by atoms with Crippen molar-refractivity contribution in [1.82, 2.24) is 4.90 Å². The number of carbonyl (C=O) groups is 1. The molecule has 0 saturated carbocycles. The molecule has 2 unspecified atom stereocenters. The van der Waals surface area contributed by atoms with Gasteiger partial charge < -0.3 is 15.4 Å². The standard InChI is InChI=1S/C12H15Cl2N3O2.ClH/c1-2-19-10(18)6-17-5-7-9(16-12(17)15)4-3-8(13)11(7)14;/h3-4,7,9H,2,5-6H2,1H3,(H2,15,16);1H. The highest BCUT2D eigenvalue weighted by molar-refractivity contribution is 6.40. The molecule has 0 amide bonds. The van der Waals surface area contributed by atoms with E-state index in [1.54, 1.807) is 17.9 Å². The maximum absolute atomic E-state index is 11.5. The SMILES string of the molecule is CCOC(=O)CN1CC2C(Cl)=C(Cl)C=CC2N=C1N.Cl. The number of allylic oxidation sites excluding steroid dienone is 2. The normalized spacial score (nSPS) is 24.8. The summed E-state index contributed by atoms with van der Waals surface area (Å²) in [7, 11) is 0. The molecule has 0 bridgehead atoms. The Morgan fingerprint density at radius 3 is 2.95 bits per heavy atom. The van der Waals surface area contributed by atoms with Crippen LogP contribution in [0.2, 0.25) is 0 Å². The van der Waals surface area contributed by atoms with E-state index >= 15 is 0 Å². The number of guanidine groups is 1. The summed E-state index contributed by atoms with van der Waals surface area (Å²) >= 11 is 12.2. The van der Waals surface area contributed by atoms with Crippen molar-refractivity contribution in [2.75, 3.05) is 19.7 Å². The predicted molar refractivity (Wildman–Crippen MR) is 82.2 cm³/mol. The maximum Gasteiger partial charge on any atom is 0.325 e. The molecule has 2 N–H and O–H groups in total. The molecule has 0 radical (unpaired) electrons. The Balaban J connectivity index is 0.00000200. The summed E-state index contributed by atoms with van der Waals surface area (Å²) in [5.41, 5.74) is 5.85. The highest BCUT2D eigenvalue weighted by Gasteiger charge is 2.34. The second-order valence-electron chi connectivity index (χ2n) is 4.32. The molecule has 1 heterocycles. The van der Waals surface area contributed by atoms with Gasteiger partial charge in [-0.3, -0.25) is 4.79 Å². The molecular weight excluding hydrogens is 325 g/mol. The van der Waals surface area contributed by atoms with Crippen molar-refractivity contribution in [3.05, 3.63) is 22.2 Å². The van der Waals surface area contributed by atoms with Crippen LogP contribution in [0.25, 0.3) is 0 Å². The van der Waals surface area contributed by atoms with Gasteiger partial charge in [0.25, 0.3) is 0 Å². The molecule has 0 spiro atoms. The lowest BCUT2D eigenvalue weighted by Crippen LogP contribution is -2.50. The molecule has 112 valence electrons. The number of ether oxygens (including phenoxy) is 1. The number of hydrogen-bond donors (Lipinski definition) is 1. The number of nitrogens with two attached hydrogens (primary N) is 1. The van der Waals surface area contributed by atoms with Gasteiger partial charge in [-0.15, -0.1) is 12.4 Å². The number of nitrogens with zero attached hydrogens (tertiary/aromatic N) is 2. The molecule has 0 aromatic heterocycles. The topological polar surface area (TPSA) is 67.9 Å². The van der Waals surface area contributed by atoms with E-state index in [-0.39, 0.29) is 36.9 Å². The molecule has 20 heavy (non-hydrogen) atoms. The second-order valence-corrected chi connectivity index (χ2v) is 5.14. The van der Waals surface area contributed by atoms with Crippen molar-refractivity contribution >= 4 is 47.5 Å². The molecule has 0 fully saturated rings. The van der Waals surface area contributed by atoms with Crippen molar-refractivity contribution in [1.29, 1.82) is 0 Å². The van der Waals surface area contributed by atoms with E-state index < -0.39 is 0 Å². The first kappa shape index (κ1) is 17.1. The minimum Gasteiger partial charge on any atom is -0.465 e. The monoisotopic (exact) mass is 339 g/mol. The van der Waals surface area contributed by atoms with Gasteiger partial charge in [-0.05, 0) is 13.0 Å². The van der Waals surface area contributed by atoms with Crippen molar-refractivity contribution in [3.63, 3.8) is 0 Å². The number of rotatable bonds is 3. The molecule has 0 saturated heterocycles. The minimum atomic E-state index is -0.336. The number of esters is 1. The van der Waals surface area contributed by atoms with Crippen LogP contribution < -0.4 is 5.73 Å². The van der Waals surface area contributed by atoms with Crippen molar-refractivity contribution < 1.29 is 9.53 Å². The third-order valence-electron chi connectivity index (χ3n) is 3.05. The summed E-state index contributed by atoms with van der Waals surface area (Å²) in [5, 5.41) is 1.06. The zero-order chi connectivity index (χ0) is 14.0. The zero-order valence-electron chi connectivity index (χ0n) is 10.9. The molecule has 0 aromatic rings. The molecule has 2 aliphatic rings. The average molecular weight is 341 g/mol. The summed E-state index contributed by atoms with van der Waals surface area (Å²) in [6.45, 7) is 2.66. The highest BCUT2D eigenvalue weighted by Crippen LogP contribution is 2.34. The van der Waals surface area contributed by atoms with Crippen LogP contribution in [-0.4, -0.2) is 42.6 Å². The Kier molecular flexibility index (Phi) is 6.17. The van der Waals surface area contributed by atoms with Gasteiger partial charge in [-0.2, -0.15) is 0 Å². The number of hydrogen-bond acceptors (Lipinski definition) is 5. The molecule has 0 aromatic carbocycles. The molecule has 2 rings (SSSR count). The number of aliphatic imine (C=N–C) groups is 1. The van der Waals surface area contributed by atoms with E-state index in [2.05, 4.69) is 4.99 Å². The second kappa shape index (κ2) is 7.20. The molecule has 1 aliphatic heterocycles. The van der Waals surface area contributed by atoms with Crippen LogP contribution in [0.4, 0.5) is 0 Å². The number of halogens is 3. The zero-order valence-corrected chi connectivity index (χ0v) is 13.2. The first-order valence-corrected chi connectivity index (χ1v) is 6.75. The van der Waals surface area contributed by atoms with Crippen LogP contribution in [0.3, 0.4) is 0 Å². The fraction of sp³-hybridized carbons (Fsp3) is 0.500. The van der Waals surface area contributed by atoms with Crippen molar-refractivity contribution in [2.45, 2.75) is 13.0 Å². The third-order valence-corrected chi connectivity index (χ3v) is 3.96. The van der Waals surface area contributed by atoms with Crippen LogP contribution in [0, 0.1) is 5.92 Å². The summed E-state index contributed by atoms with van der Waals surface area (Å²) in [4.78, 5) is 17.5. The minimum absolute atomic E-state index is 0. The van der Waals surface area contributed by atoms with Gasteiger partial charge in [0, 0.05) is 17.5 Å². The summed E-state index contributed by atoms with van der Waals surface area (Å²) in [5.74, 6) is -0.0843. The van der Waals surface area contributed by atoms with Gasteiger partial charge in [-0.1, -0.05) is 29.3 Å². The van der Waals surface area contributed by atoms with Crippen LogP contribution >= 0.6 is 35.6 Å². The smallest absolute Gasteiger partial charge is 0.325 e. The predicted octanol–water partition coefficient (Wildman–Crippen LogP) is 1.85. The van der Waals surface area contributed by atoms with Crippen molar-refractivity contribution in [2.24, 2.45) is 16.6 Å². The number of fused-ring (bicyclic) bond motifs is 1. The molecule has 1 aliphatic carbocycles. The first-order chi connectivity index (χ1) is 9.02. The fourth-order valence-corrected chi connectivity index (χ4v) is 2.59. The third kappa shape index (κ3) is 3.59. The summed E-state index contributed by atoms with van der Waals surface area (Å²) < 4.78 is 4.90. The Bertz CT molecular complexity index is 477. The van der Waals surface area contributed by atoms with E-state index in [1.165, 1.54) is 0 Å². The highest BCUT2D eigenvalue weighted by atomic mass is 35.5. The van der Waals surface area contributed by atoms with E-state index in [0.29, 0.717) is 29.2 Å². The van der Waals surface area contributed by atoms with Gasteiger partial charge >= 0.3 is 5.97 Å². The molecule has 8 heteroatoms. The summed E-state index contributed by atoms with van der Waals surface area (Å²) in [6.07, 6.45) is 3.59. The lowest BCUT2D eigenvalue weighted by atomic mass is 9.93. The Hall–Kier alpha value is -0.910. The van der Waals surface area contributed by atoms with Gasteiger partial charge in [0.1, 0.15) is 6.54 Å². The van der Waals surface area contributed by atoms with E-state index in [0.717, 1.165) is 0 Å². The number of carbonyl (C=O) groups excluding carboxylic acids is 1. The largest absolute Gasteiger partial charge is 0.465 e. The average Bonchev–Trinajstić information content (AvgIpc) is 2.36. The summed E-state index contributed by atoms with van der Waals surface area (Å²) in [6, 6.07) is -0.117. The van der Waals surface area contributed by atoms with E-state index in [4.69, 9.17) is 33.7 Å². The van der Waals surface area contributed by atoms with E-state index in [9.17, 15) is 4.79 Å². The van der Waals surface area contributed by atoms with Crippen molar-refractivity contribution in [3.8, 4) is 0 Å². The Morgan fingerprint density at radius 1 is 1.60 bits per heavy atom.